The van der Waals surface area contributed by atoms with E-state index in [0.717, 1.165) is 0 Å². The third kappa shape index (κ3) is 7.63. The zero-order valence-corrected chi connectivity index (χ0v) is 17.2. The van der Waals surface area contributed by atoms with Crippen molar-refractivity contribution in [1.82, 2.24) is 5.32 Å². The first kappa shape index (κ1) is 22.5. The summed E-state index contributed by atoms with van der Waals surface area (Å²) in [6.45, 7) is -0.139. The maximum absolute atomic E-state index is 11.9. The van der Waals surface area contributed by atoms with E-state index in [2.05, 4.69) is 10.6 Å². The van der Waals surface area contributed by atoms with E-state index >= 15 is 0 Å². The van der Waals surface area contributed by atoms with E-state index in [1.165, 1.54) is 7.05 Å². The molecule has 0 saturated carbocycles. The number of rotatable bonds is 9. The molecular weight excluding hydrogens is 419 g/mol. The van der Waals surface area contributed by atoms with Gasteiger partial charge < -0.3 is 20.1 Å². The molecule has 2 amide bonds. The predicted molar refractivity (Wildman–Crippen MR) is 111 cm³/mol. The Morgan fingerprint density at radius 3 is 2.41 bits per heavy atom. The van der Waals surface area contributed by atoms with E-state index < -0.39 is 18.5 Å². The van der Waals surface area contributed by atoms with Crippen molar-refractivity contribution in [2.75, 3.05) is 25.6 Å². The van der Waals surface area contributed by atoms with Crippen LogP contribution in [0.15, 0.2) is 42.5 Å². The van der Waals surface area contributed by atoms with Gasteiger partial charge in [0.1, 0.15) is 5.75 Å². The van der Waals surface area contributed by atoms with Gasteiger partial charge in [-0.15, -0.1) is 0 Å². The zero-order valence-electron chi connectivity index (χ0n) is 15.7. The Morgan fingerprint density at radius 1 is 1.03 bits per heavy atom. The van der Waals surface area contributed by atoms with E-state index in [-0.39, 0.29) is 18.9 Å². The van der Waals surface area contributed by atoms with Crippen LogP contribution in [0.3, 0.4) is 0 Å². The first-order valence-corrected chi connectivity index (χ1v) is 9.50. The molecule has 0 aromatic heterocycles. The van der Waals surface area contributed by atoms with Crippen LogP contribution in [0.25, 0.3) is 0 Å². The molecule has 0 fully saturated rings. The first-order chi connectivity index (χ1) is 13.9. The summed E-state index contributed by atoms with van der Waals surface area (Å²) in [7, 11) is 1.53. The fourth-order valence-electron chi connectivity index (χ4n) is 2.26. The van der Waals surface area contributed by atoms with Crippen molar-refractivity contribution < 1.29 is 23.9 Å². The van der Waals surface area contributed by atoms with Gasteiger partial charge in [0.25, 0.3) is 11.8 Å². The maximum Gasteiger partial charge on any atom is 0.306 e. The molecule has 7 nitrogen and oxygen atoms in total. The van der Waals surface area contributed by atoms with Gasteiger partial charge in [-0.3, -0.25) is 14.4 Å². The Balaban J connectivity index is 1.65. The third-order valence-electron chi connectivity index (χ3n) is 3.70. The van der Waals surface area contributed by atoms with E-state index in [1.807, 2.05) is 0 Å². The molecule has 2 N–H and O–H groups in total. The smallest absolute Gasteiger partial charge is 0.306 e. The molecule has 29 heavy (non-hydrogen) atoms. The van der Waals surface area contributed by atoms with Crippen LogP contribution in [0, 0.1) is 0 Å². The summed E-state index contributed by atoms with van der Waals surface area (Å²) in [5.41, 5.74) is 0.964. The Bertz CT molecular complexity index is 872. The summed E-state index contributed by atoms with van der Waals surface area (Å²) in [5, 5.41) is 5.98. The van der Waals surface area contributed by atoms with Crippen molar-refractivity contribution in [2.24, 2.45) is 0 Å². The highest BCUT2D eigenvalue weighted by Gasteiger charge is 2.09. The molecule has 0 saturated heterocycles. The van der Waals surface area contributed by atoms with E-state index in [9.17, 15) is 14.4 Å². The van der Waals surface area contributed by atoms with Crippen molar-refractivity contribution in [2.45, 2.75) is 12.8 Å². The normalized spacial score (nSPS) is 10.2. The number of ether oxygens (including phenoxy) is 2. The molecule has 0 aliphatic heterocycles. The monoisotopic (exact) mass is 438 g/mol. The number of carbonyl (C=O) groups is 3. The van der Waals surface area contributed by atoms with Crippen molar-refractivity contribution in [3.05, 3.63) is 58.1 Å². The van der Waals surface area contributed by atoms with Crippen LogP contribution in [0.4, 0.5) is 5.69 Å². The second-order valence-corrected chi connectivity index (χ2v) is 6.74. The van der Waals surface area contributed by atoms with Crippen molar-refractivity contribution in [1.29, 1.82) is 0 Å². The predicted octanol–water partition coefficient (Wildman–Crippen LogP) is 3.69. The number of benzene rings is 2. The number of anilines is 1. The van der Waals surface area contributed by atoms with Gasteiger partial charge in [0.2, 0.25) is 0 Å². The fraction of sp³-hybridized carbons (Fsp3) is 0.250. The number of amides is 2. The van der Waals surface area contributed by atoms with Gasteiger partial charge in [0.05, 0.1) is 11.6 Å². The molecular formula is C20H20Cl2N2O5. The molecule has 0 radical (unpaired) electrons. The summed E-state index contributed by atoms with van der Waals surface area (Å²) < 4.78 is 10.4. The minimum Gasteiger partial charge on any atom is -0.492 e. The molecule has 0 heterocycles. The minimum absolute atomic E-state index is 0.0965. The van der Waals surface area contributed by atoms with Crippen LogP contribution in [-0.2, 0) is 14.3 Å². The SMILES string of the molecule is CNC(=O)c1ccc(NC(=O)COC(=O)CCCOc2ccc(Cl)cc2Cl)cc1. The molecule has 0 aliphatic carbocycles. The minimum atomic E-state index is -0.513. The highest BCUT2D eigenvalue weighted by Crippen LogP contribution is 2.27. The highest BCUT2D eigenvalue weighted by molar-refractivity contribution is 6.35. The maximum atomic E-state index is 11.9. The average Bonchev–Trinajstić information content (AvgIpc) is 2.71. The lowest BCUT2D eigenvalue weighted by Gasteiger charge is -2.09. The molecule has 2 aromatic rings. The summed E-state index contributed by atoms with van der Waals surface area (Å²) in [4.78, 5) is 35.1. The average molecular weight is 439 g/mol. The van der Waals surface area contributed by atoms with Gasteiger partial charge >= 0.3 is 5.97 Å². The van der Waals surface area contributed by atoms with E-state index in [1.54, 1.807) is 42.5 Å². The molecule has 2 rings (SSSR count). The van der Waals surface area contributed by atoms with Gasteiger partial charge in [-0.1, -0.05) is 23.2 Å². The number of nitrogens with one attached hydrogen (secondary N) is 2. The molecule has 9 heteroatoms. The van der Waals surface area contributed by atoms with Crippen molar-refractivity contribution >= 4 is 46.7 Å². The molecule has 154 valence electrons. The van der Waals surface area contributed by atoms with Crippen LogP contribution in [0.1, 0.15) is 23.2 Å². The third-order valence-corrected chi connectivity index (χ3v) is 4.23. The van der Waals surface area contributed by atoms with Crippen LogP contribution < -0.4 is 15.4 Å². The summed E-state index contributed by atoms with van der Waals surface area (Å²) in [6, 6.07) is 11.2. The Kier molecular flexibility index (Phi) is 8.76. The second-order valence-electron chi connectivity index (χ2n) is 5.89. The number of esters is 1. The van der Waals surface area contributed by atoms with Gasteiger partial charge in [0, 0.05) is 29.7 Å². The second kappa shape index (κ2) is 11.3. The summed E-state index contributed by atoms with van der Waals surface area (Å²) >= 11 is 11.8. The van der Waals surface area contributed by atoms with Gasteiger partial charge in [-0.25, -0.2) is 0 Å². The highest BCUT2D eigenvalue weighted by atomic mass is 35.5. The van der Waals surface area contributed by atoms with Crippen LogP contribution in [-0.4, -0.2) is 38.0 Å². The Hall–Kier alpha value is -2.77. The van der Waals surface area contributed by atoms with E-state index in [0.29, 0.717) is 33.5 Å². The number of carbonyl (C=O) groups excluding carboxylic acids is 3. The Labute approximate surface area is 178 Å². The lowest BCUT2D eigenvalue weighted by atomic mass is 10.2. The number of hydrogen-bond donors (Lipinski definition) is 2. The van der Waals surface area contributed by atoms with Gasteiger partial charge in [0.15, 0.2) is 6.61 Å². The molecule has 0 spiro atoms. The number of hydrogen-bond acceptors (Lipinski definition) is 5. The summed E-state index contributed by atoms with van der Waals surface area (Å²) in [6.07, 6.45) is 0.500. The van der Waals surface area contributed by atoms with E-state index in [4.69, 9.17) is 32.7 Å². The fourth-order valence-corrected chi connectivity index (χ4v) is 2.72. The van der Waals surface area contributed by atoms with Crippen LogP contribution in [0.2, 0.25) is 10.0 Å². The van der Waals surface area contributed by atoms with Crippen LogP contribution in [0.5, 0.6) is 5.75 Å². The number of halogens is 2. The van der Waals surface area contributed by atoms with Gasteiger partial charge in [-0.2, -0.15) is 0 Å². The van der Waals surface area contributed by atoms with Crippen LogP contribution >= 0.6 is 23.2 Å². The topological polar surface area (TPSA) is 93.7 Å². The molecule has 0 atom stereocenters. The molecule has 0 aliphatic rings. The van der Waals surface area contributed by atoms with Crippen molar-refractivity contribution in [3.63, 3.8) is 0 Å². The lowest BCUT2D eigenvalue weighted by Crippen LogP contribution is -2.21. The largest absolute Gasteiger partial charge is 0.492 e. The quantitative estimate of drug-likeness (QED) is 0.459. The summed E-state index contributed by atoms with van der Waals surface area (Å²) in [5.74, 6) is -0.735. The van der Waals surface area contributed by atoms with Gasteiger partial charge in [-0.05, 0) is 48.9 Å². The standard InChI is InChI=1S/C20H20Cl2N2O5/c1-23-20(27)13-4-7-15(8-5-13)24-18(25)12-29-19(26)3-2-10-28-17-9-6-14(21)11-16(17)22/h4-9,11H,2-3,10,12H2,1H3,(H,23,27)(H,24,25). The molecule has 0 bridgehead atoms. The Morgan fingerprint density at radius 2 is 1.76 bits per heavy atom. The van der Waals surface area contributed by atoms with Crippen molar-refractivity contribution in [3.8, 4) is 5.75 Å². The molecule has 2 aromatic carbocycles. The first-order valence-electron chi connectivity index (χ1n) is 8.74. The lowest BCUT2D eigenvalue weighted by molar-refractivity contribution is -0.147. The molecule has 0 unspecified atom stereocenters. The zero-order chi connectivity index (χ0) is 21.2.